The third-order valence-electron chi connectivity index (χ3n) is 1.26. The van der Waals surface area contributed by atoms with Crippen LogP contribution in [0.25, 0.3) is 0 Å². The predicted molar refractivity (Wildman–Crippen MR) is 34.0 cm³/mol. The minimum absolute atomic E-state index is 1.13. The fraction of sp³-hybridized carbons (Fsp3) is 0.571. The molecule has 0 saturated carbocycles. The lowest BCUT2D eigenvalue weighted by molar-refractivity contribution is 0.942. The van der Waals surface area contributed by atoms with Gasteiger partial charge in [-0.05, 0) is 19.3 Å². The van der Waals surface area contributed by atoms with E-state index in [2.05, 4.69) is 20.4 Å². The number of hydrogen-bond donors (Lipinski definition) is 0. The molecule has 0 amide bonds. The maximum atomic E-state index is 3.79. The van der Waals surface area contributed by atoms with E-state index in [4.69, 9.17) is 0 Å². The zero-order valence-corrected chi connectivity index (χ0v) is 5.41. The molecule has 0 aromatic carbocycles. The highest BCUT2D eigenvalue weighted by molar-refractivity contribution is 5.14. The Hall–Kier alpha value is -0.260. The molecule has 0 spiro atoms. The average molecular weight is 97.2 g/mol. The molecule has 0 nitrogen and oxygen atoms in total. The molecule has 7 heavy (non-hydrogen) atoms. The van der Waals surface area contributed by atoms with Crippen LogP contribution in [0.3, 0.4) is 0 Å². The van der Waals surface area contributed by atoms with Gasteiger partial charge in [0.05, 0.1) is 0 Å². The van der Waals surface area contributed by atoms with Crippen LogP contribution in [0, 0.1) is 5.92 Å². The molecule has 0 N–H and O–H groups in total. The van der Waals surface area contributed by atoms with E-state index in [1.807, 2.05) is 6.92 Å². The van der Waals surface area contributed by atoms with Gasteiger partial charge in [-0.3, -0.25) is 0 Å². The van der Waals surface area contributed by atoms with Crippen molar-refractivity contribution in [2.45, 2.75) is 27.2 Å². The van der Waals surface area contributed by atoms with Crippen LogP contribution in [-0.4, -0.2) is 0 Å². The minimum atomic E-state index is 1.13. The van der Waals surface area contributed by atoms with Crippen molar-refractivity contribution in [1.82, 2.24) is 0 Å². The van der Waals surface area contributed by atoms with Crippen LogP contribution in [0.5, 0.6) is 0 Å². The minimum Gasteiger partial charge on any atom is -0.0996 e. The van der Waals surface area contributed by atoms with E-state index in [0.717, 1.165) is 6.42 Å². The van der Waals surface area contributed by atoms with E-state index in [1.165, 1.54) is 11.5 Å². The molecule has 0 saturated heterocycles. The molecule has 41 valence electrons. The maximum absolute atomic E-state index is 3.79. The average Bonchev–Trinajstić information content (AvgIpc) is 1.65. The summed E-state index contributed by atoms with van der Waals surface area (Å²) < 4.78 is 0. The summed E-state index contributed by atoms with van der Waals surface area (Å²) in [6.45, 7) is 10.1. The van der Waals surface area contributed by atoms with Crippen LogP contribution in [0.2, 0.25) is 0 Å². The van der Waals surface area contributed by atoms with E-state index in [0.29, 0.717) is 0 Å². The molecule has 0 bridgehead atoms. The Bertz CT molecular complexity index is 62.4. The van der Waals surface area contributed by atoms with E-state index in [-0.39, 0.29) is 0 Å². The third kappa shape index (κ3) is 2.44. The standard InChI is InChI=1S/C7H13/c1-5-7(4)6(2)3/h2,5H2,1,3-4H3. The SMILES string of the molecule is C=C(C)[C](C)CC. The molecule has 0 aliphatic carbocycles. The Kier molecular flexibility index (Phi) is 2.73. The zero-order chi connectivity index (χ0) is 5.86. The molecule has 0 aromatic rings. The second-order valence-corrected chi connectivity index (χ2v) is 1.91. The van der Waals surface area contributed by atoms with Crippen molar-refractivity contribution in [3.05, 3.63) is 18.1 Å². The van der Waals surface area contributed by atoms with Crippen molar-refractivity contribution in [3.63, 3.8) is 0 Å². The van der Waals surface area contributed by atoms with Gasteiger partial charge in [-0.15, -0.1) is 0 Å². The van der Waals surface area contributed by atoms with Crippen molar-refractivity contribution >= 4 is 0 Å². The van der Waals surface area contributed by atoms with Gasteiger partial charge in [-0.2, -0.15) is 0 Å². The van der Waals surface area contributed by atoms with Crippen LogP contribution in [0.4, 0.5) is 0 Å². The molecule has 1 radical (unpaired) electrons. The summed E-state index contributed by atoms with van der Waals surface area (Å²) in [6.07, 6.45) is 1.13. The molecular weight excluding hydrogens is 84.1 g/mol. The van der Waals surface area contributed by atoms with E-state index >= 15 is 0 Å². The molecule has 0 aliphatic heterocycles. The number of rotatable bonds is 2. The smallest absolute Gasteiger partial charge is 0.00338 e. The van der Waals surface area contributed by atoms with Gasteiger partial charge in [-0.25, -0.2) is 0 Å². The molecular formula is C7H13. The van der Waals surface area contributed by atoms with Crippen molar-refractivity contribution in [3.8, 4) is 0 Å². The largest absolute Gasteiger partial charge is 0.0996 e. The first-order valence-corrected chi connectivity index (χ1v) is 2.66. The molecule has 0 unspecified atom stereocenters. The molecule has 0 heteroatoms. The normalized spacial score (nSPS) is 9.71. The first kappa shape index (κ1) is 6.74. The Morgan fingerprint density at radius 2 is 1.86 bits per heavy atom. The topological polar surface area (TPSA) is 0 Å². The predicted octanol–water partition coefficient (Wildman–Crippen LogP) is 2.57. The quantitative estimate of drug-likeness (QED) is 0.496. The summed E-state index contributed by atoms with van der Waals surface area (Å²) in [6, 6.07) is 0. The van der Waals surface area contributed by atoms with Crippen LogP contribution in [-0.2, 0) is 0 Å². The van der Waals surface area contributed by atoms with Crippen molar-refractivity contribution in [2.24, 2.45) is 0 Å². The van der Waals surface area contributed by atoms with Crippen molar-refractivity contribution in [2.75, 3.05) is 0 Å². The number of hydrogen-bond acceptors (Lipinski definition) is 0. The molecule has 0 aliphatic rings. The summed E-state index contributed by atoms with van der Waals surface area (Å²) in [5.74, 6) is 1.40. The van der Waals surface area contributed by atoms with E-state index < -0.39 is 0 Å². The summed E-state index contributed by atoms with van der Waals surface area (Å²) in [5.41, 5.74) is 1.21. The third-order valence-corrected chi connectivity index (χ3v) is 1.26. The first-order chi connectivity index (χ1) is 3.18. The van der Waals surface area contributed by atoms with Gasteiger partial charge in [0.15, 0.2) is 0 Å². The molecule has 0 heterocycles. The summed E-state index contributed by atoms with van der Waals surface area (Å²) in [7, 11) is 0. The van der Waals surface area contributed by atoms with Crippen molar-refractivity contribution < 1.29 is 0 Å². The van der Waals surface area contributed by atoms with Crippen LogP contribution in [0.1, 0.15) is 27.2 Å². The summed E-state index contributed by atoms with van der Waals surface area (Å²) in [5, 5.41) is 0. The fourth-order valence-electron chi connectivity index (χ4n) is 0.302. The maximum Gasteiger partial charge on any atom is -0.00338 e. The van der Waals surface area contributed by atoms with Gasteiger partial charge < -0.3 is 0 Å². The highest BCUT2D eigenvalue weighted by Crippen LogP contribution is 2.12. The van der Waals surface area contributed by atoms with Gasteiger partial charge in [-0.1, -0.05) is 26.0 Å². The van der Waals surface area contributed by atoms with Gasteiger partial charge in [0.25, 0.3) is 0 Å². The summed E-state index contributed by atoms with van der Waals surface area (Å²) >= 11 is 0. The highest BCUT2D eigenvalue weighted by Gasteiger charge is 1.95. The fourth-order valence-corrected chi connectivity index (χ4v) is 0.302. The first-order valence-electron chi connectivity index (χ1n) is 2.66. The monoisotopic (exact) mass is 97.1 g/mol. The van der Waals surface area contributed by atoms with Crippen LogP contribution >= 0.6 is 0 Å². The van der Waals surface area contributed by atoms with Gasteiger partial charge in [0.2, 0.25) is 0 Å². The van der Waals surface area contributed by atoms with Gasteiger partial charge >= 0.3 is 0 Å². The van der Waals surface area contributed by atoms with E-state index in [1.54, 1.807) is 0 Å². The lowest BCUT2D eigenvalue weighted by Crippen LogP contribution is -1.86. The van der Waals surface area contributed by atoms with E-state index in [9.17, 15) is 0 Å². The number of allylic oxidation sites excluding steroid dienone is 1. The molecule has 0 rings (SSSR count). The lowest BCUT2D eigenvalue weighted by atomic mass is 10.0. The van der Waals surface area contributed by atoms with Gasteiger partial charge in [0.1, 0.15) is 0 Å². The Labute approximate surface area is 46.2 Å². The Morgan fingerprint density at radius 1 is 1.43 bits per heavy atom. The zero-order valence-electron chi connectivity index (χ0n) is 5.41. The van der Waals surface area contributed by atoms with Crippen molar-refractivity contribution in [1.29, 1.82) is 0 Å². The Morgan fingerprint density at radius 3 is 1.86 bits per heavy atom. The van der Waals surface area contributed by atoms with Crippen LogP contribution in [0.15, 0.2) is 12.2 Å². The van der Waals surface area contributed by atoms with Gasteiger partial charge in [0, 0.05) is 0 Å². The summed E-state index contributed by atoms with van der Waals surface area (Å²) in [4.78, 5) is 0. The molecule has 0 atom stereocenters. The second-order valence-electron chi connectivity index (χ2n) is 1.91. The second kappa shape index (κ2) is 2.84. The van der Waals surface area contributed by atoms with Crippen LogP contribution < -0.4 is 0 Å². The highest BCUT2D eigenvalue weighted by atomic mass is 14.0. The molecule has 0 fully saturated rings. The molecule has 0 aromatic heterocycles. The lowest BCUT2D eigenvalue weighted by Gasteiger charge is -2.03. The Balaban J connectivity index is 3.34.